The van der Waals surface area contributed by atoms with Crippen LogP contribution in [-0.2, 0) is 9.59 Å². The first kappa shape index (κ1) is 27.5. The van der Waals surface area contributed by atoms with Crippen LogP contribution in [-0.4, -0.2) is 52.4 Å². The molecule has 9 heteroatoms. The summed E-state index contributed by atoms with van der Waals surface area (Å²) in [6, 6.07) is -0.0210. The van der Waals surface area contributed by atoms with Gasteiger partial charge in [0.15, 0.2) is 6.17 Å². The molecular formula is C22H31BrCl2N4O2. The molecule has 1 heterocycles. The van der Waals surface area contributed by atoms with E-state index >= 15 is 0 Å². The van der Waals surface area contributed by atoms with Crippen molar-refractivity contribution in [2.45, 2.75) is 58.1 Å². The van der Waals surface area contributed by atoms with Crippen LogP contribution in [0.2, 0.25) is 0 Å². The first-order valence-corrected chi connectivity index (χ1v) is 12.0. The van der Waals surface area contributed by atoms with Gasteiger partial charge < -0.3 is 15.5 Å². The number of carbonyl (C=O) groups is 2. The summed E-state index contributed by atoms with van der Waals surface area (Å²) in [6.07, 6.45) is 9.12. The Morgan fingerprint density at radius 2 is 2.03 bits per heavy atom. The van der Waals surface area contributed by atoms with Gasteiger partial charge in [0.2, 0.25) is 5.91 Å². The van der Waals surface area contributed by atoms with Gasteiger partial charge in [0.25, 0.3) is 5.91 Å². The van der Waals surface area contributed by atoms with Gasteiger partial charge in [0, 0.05) is 41.8 Å². The number of rotatable bonds is 10. The summed E-state index contributed by atoms with van der Waals surface area (Å²) in [6.45, 7) is 7.43. The third kappa shape index (κ3) is 10.1. The molecule has 0 saturated carbocycles. The minimum Gasteiger partial charge on any atom is -0.355 e. The van der Waals surface area contributed by atoms with E-state index in [1.54, 1.807) is 6.08 Å². The number of carbonyl (C=O) groups excluding carboxylic acids is 2. The molecule has 0 saturated heterocycles. The van der Waals surface area contributed by atoms with Crippen LogP contribution >= 0.6 is 39.1 Å². The molecule has 31 heavy (non-hydrogen) atoms. The molecule has 1 aliphatic heterocycles. The third-order valence-corrected chi connectivity index (χ3v) is 5.15. The molecule has 0 aromatic heterocycles. The van der Waals surface area contributed by atoms with Crippen LogP contribution in [0.5, 0.6) is 0 Å². The smallest absolute Gasteiger partial charge is 0.269 e. The highest BCUT2D eigenvalue weighted by atomic mass is 79.9. The van der Waals surface area contributed by atoms with Gasteiger partial charge in [0.1, 0.15) is 5.71 Å². The van der Waals surface area contributed by atoms with Gasteiger partial charge in [-0.2, -0.15) is 0 Å². The van der Waals surface area contributed by atoms with E-state index in [2.05, 4.69) is 31.6 Å². The van der Waals surface area contributed by atoms with Crippen LogP contribution in [0.15, 0.2) is 51.8 Å². The first-order valence-electron chi connectivity index (χ1n) is 10.1. The molecule has 0 aliphatic carbocycles. The topological polar surface area (TPSA) is 73.8 Å². The summed E-state index contributed by atoms with van der Waals surface area (Å²) in [5.74, 6) is -0.681. The Bertz CT molecular complexity index is 801. The maximum Gasteiger partial charge on any atom is 0.269 e. The second kappa shape index (κ2) is 13.8. The molecular weight excluding hydrogens is 503 g/mol. The molecule has 2 atom stereocenters. The Hall–Kier alpha value is -1.57. The fourth-order valence-electron chi connectivity index (χ4n) is 2.63. The number of halogens is 3. The molecule has 6 nitrogen and oxygen atoms in total. The van der Waals surface area contributed by atoms with Gasteiger partial charge in [-0.1, -0.05) is 33.6 Å². The SMILES string of the molecule is CC(=CCBr)/C(=C/C(=O)NC(C)C)NC(=O)C(CCC(C)Cl)=NC1C(Cl)=CC=CN1C. The highest BCUT2D eigenvalue weighted by molar-refractivity contribution is 9.09. The Morgan fingerprint density at radius 1 is 1.35 bits per heavy atom. The van der Waals surface area contributed by atoms with Crippen LogP contribution < -0.4 is 10.6 Å². The average Bonchev–Trinajstić information content (AvgIpc) is 2.65. The number of hydrogen-bond acceptors (Lipinski definition) is 4. The van der Waals surface area contributed by atoms with Gasteiger partial charge in [-0.05, 0) is 58.3 Å². The van der Waals surface area contributed by atoms with Crippen molar-refractivity contribution < 1.29 is 9.59 Å². The van der Waals surface area contributed by atoms with E-state index in [-0.39, 0.29) is 17.3 Å². The predicted octanol–water partition coefficient (Wildman–Crippen LogP) is 4.61. The summed E-state index contributed by atoms with van der Waals surface area (Å²) in [5, 5.41) is 6.63. The van der Waals surface area contributed by atoms with Crippen molar-refractivity contribution in [3.05, 3.63) is 46.8 Å². The number of nitrogens with zero attached hydrogens (tertiary/aromatic N) is 2. The second-order valence-corrected chi connectivity index (χ2v) is 9.37. The van der Waals surface area contributed by atoms with Crippen molar-refractivity contribution >= 4 is 56.7 Å². The maximum absolute atomic E-state index is 13.2. The van der Waals surface area contributed by atoms with Gasteiger partial charge in [-0.25, -0.2) is 0 Å². The molecule has 0 bridgehead atoms. The number of aliphatic imine (C=N–C) groups is 1. The van der Waals surface area contributed by atoms with Crippen LogP contribution in [0.4, 0.5) is 0 Å². The van der Waals surface area contributed by atoms with E-state index in [0.717, 1.165) is 5.57 Å². The molecule has 1 rings (SSSR count). The number of amides is 2. The lowest BCUT2D eigenvalue weighted by atomic mass is 10.1. The predicted molar refractivity (Wildman–Crippen MR) is 134 cm³/mol. The van der Waals surface area contributed by atoms with Crippen molar-refractivity contribution in [3.63, 3.8) is 0 Å². The van der Waals surface area contributed by atoms with E-state index in [1.807, 2.05) is 58.0 Å². The Balaban J connectivity index is 3.23. The Labute approximate surface area is 203 Å². The molecule has 2 unspecified atom stereocenters. The van der Waals surface area contributed by atoms with Gasteiger partial charge in [-0.3, -0.25) is 14.6 Å². The molecule has 0 spiro atoms. The Morgan fingerprint density at radius 3 is 2.58 bits per heavy atom. The molecule has 2 N–H and O–H groups in total. The maximum atomic E-state index is 13.2. The van der Waals surface area contributed by atoms with Crippen molar-refractivity contribution in [2.75, 3.05) is 12.4 Å². The molecule has 0 aromatic rings. The van der Waals surface area contributed by atoms with Crippen molar-refractivity contribution in [1.29, 1.82) is 0 Å². The zero-order chi connectivity index (χ0) is 23.6. The highest BCUT2D eigenvalue weighted by Gasteiger charge is 2.22. The zero-order valence-electron chi connectivity index (χ0n) is 18.6. The van der Waals surface area contributed by atoms with Gasteiger partial charge in [-0.15, -0.1) is 11.6 Å². The van der Waals surface area contributed by atoms with Crippen molar-refractivity contribution in [2.24, 2.45) is 4.99 Å². The van der Waals surface area contributed by atoms with Crippen LogP contribution in [0, 0.1) is 0 Å². The summed E-state index contributed by atoms with van der Waals surface area (Å²) < 4.78 is 0. The van der Waals surface area contributed by atoms with E-state index in [1.165, 1.54) is 6.08 Å². The van der Waals surface area contributed by atoms with Crippen LogP contribution in [0.1, 0.15) is 40.5 Å². The quantitative estimate of drug-likeness (QED) is 0.186. The van der Waals surface area contributed by atoms with E-state index < -0.39 is 12.1 Å². The molecule has 172 valence electrons. The molecule has 0 radical (unpaired) electrons. The molecule has 0 aromatic carbocycles. The van der Waals surface area contributed by atoms with E-state index in [9.17, 15) is 9.59 Å². The number of likely N-dealkylation sites (N-methyl/N-ethyl adjacent to an activating group) is 1. The van der Waals surface area contributed by atoms with Crippen molar-refractivity contribution in [1.82, 2.24) is 15.5 Å². The summed E-state index contributed by atoms with van der Waals surface area (Å²) in [7, 11) is 1.84. The minimum absolute atomic E-state index is 0.0210. The lowest BCUT2D eigenvalue weighted by Crippen LogP contribution is -2.36. The molecule has 2 amide bonds. The van der Waals surface area contributed by atoms with Gasteiger partial charge in [0.05, 0.1) is 5.03 Å². The van der Waals surface area contributed by atoms with Crippen molar-refractivity contribution in [3.8, 4) is 0 Å². The first-order chi connectivity index (χ1) is 14.5. The molecule has 0 fully saturated rings. The Kier molecular flexibility index (Phi) is 12.2. The largest absolute Gasteiger partial charge is 0.355 e. The average molecular weight is 534 g/mol. The van der Waals surface area contributed by atoms with Crippen LogP contribution in [0.25, 0.3) is 0 Å². The van der Waals surface area contributed by atoms with E-state index in [0.29, 0.717) is 34.6 Å². The number of hydrogen-bond donors (Lipinski definition) is 2. The summed E-state index contributed by atoms with van der Waals surface area (Å²) in [4.78, 5) is 31.9. The minimum atomic E-state index is -0.492. The fraction of sp³-hybridized carbons (Fsp3) is 0.500. The second-order valence-electron chi connectivity index (χ2n) is 7.54. The summed E-state index contributed by atoms with van der Waals surface area (Å²) in [5.41, 5.74) is 1.48. The summed E-state index contributed by atoms with van der Waals surface area (Å²) >= 11 is 15.8. The zero-order valence-corrected chi connectivity index (χ0v) is 21.7. The lowest BCUT2D eigenvalue weighted by molar-refractivity contribution is -0.117. The highest BCUT2D eigenvalue weighted by Crippen LogP contribution is 2.21. The number of nitrogens with one attached hydrogen (secondary N) is 2. The van der Waals surface area contributed by atoms with E-state index in [4.69, 9.17) is 23.2 Å². The number of allylic oxidation sites excluding steroid dienone is 4. The van der Waals surface area contributed by atoms with Gasteiger partial charge >= 0.3 is 0 Å². The standard InChI is InChI=1S/C22H31BrCl2N4O2/c1-14(2)26-20(30)13-19(15(3)10-11-23)28-22(31)18(9-8-16(4)24)27-21-17(25)7-6-12-29(21)5/h6-7,10,12-14,16,21H,8-9,11H2,1-5H3,(H,26,30)(H,28,31)/b15-10?,19-13-,27-18?. The monoisotopic (exact) mass is 532 g/mol. The lowest BCUT2D eigenvalue weighted by Gasteiger charge is -2.26. The fourth-order valence-corrected chi connectivity index (χ4v) is 3.50. The third-order valence-electron chi connectivity index (χ3n) is 4.29. The molecule has 1 aliphatic rings. The number of alkyl halides is 2. The normalized spacial score (nSPS) is 18.7. The van der Waals surface area contributed by atoms with Crippen LogP contribution in [0.3, 0.4) is 0 Å².